The number of rotatable bonds is 4. The van der Waals surface area contributed by atoms with Crippen molar-refractivity contribution in [1.29, 1.82) is 0 Å². The minimum atomic E-state index is -0.177. The lowest BCUT2D eigenvalue weighted by Crippen LogP contribution is -2.24. The molecule has 5 heteroatoms. The van der Waals surface area contributed by atoms with Gasteiger partial charge in [0.2, 0.25) is 0 Å². The molecule has 0 saturated carbocycles. The molecule has 0 atom stereocenters. The van der Waals surface area contributed by atoms with Crippen LogP contribution in [0.3, 0.4) is 0 Å². The van der Waals surface area contributed by atoms with E-state index in [0.717, 1.165) is 21.6 Å². The van der Waals surface area contributed by atoms with Gasteiger partial charge in [-0.15, -0.1) is 11.3 Å². The zero-order valence-corrected chi connectivity index (χ0v) is 15.9. The highest BCUT2D eigenvalue weighted by molar-refractivity contribution is 7.19. The second-order valence-electron chi connectivity index (χ2n) is 6.55. The lowest BCUT2D eigenvalue weighted by atomic mass is 10.0. The van der Waals surface area contributed by atoms with Crippen molar-refractivity contribution in [2.24, 2.45) is 0 Å². The predicted octanol–water partition coefficient (Wildman–Crippen LogP) is 4.62. The quantitative estimate of drug-likeness (QED) is 0.490. The molecule has 0 amide bonds. The summed E-state index contributed by atoms with van der Waals surface area (Å²) in [5.41, 5.74) is 3.40. The van der Waals surface area contributed by atoms with Crippen LogP contribution in [0.5, 0.6) is 0 Å². The van der Waals surface area contributed by atoms with Crippen molar-refractivity contribution in [3.8, 4) is 11.1 Å². The van der Waals surface area contributed by atoms with Gasteiger partial charge in [-0.2, -0.15) is 0 Å². The van der Waals surface area contributed by atoms with Gasteiger partial charge in [0, 0.05) is 16.0 Å². The number of nitrogens with zero attached hydrogens (tertiary/aromatic N) is 2. The molecule has 2 heterocycles. The van der Waals surface area contributed by atoms with Crippen molar-refractivity contribution in [3.63, 3.8) is 0 Å². The summed E-state index contributed by atoms with van der Waals surface area (Å²) in [6.45, 7) is 3.95. The number of aryl methyl sites for hydroxylation is 2. The maximum absolute atomic E-state index is 13.1. The molecule has 0 N–H and O–H groups in total. The molecule has 0 spiro atoms. The predicted molar refractivity (Wildman–Crippen MR) is 110 cm³/mol. The molecule has 0 unspecified atom stereocenters. The monoisotopic (exact) mass is 374 g/mol. The molecule has 0 radical (unpaired) electrons. The van der Waals surface area contributed by atoms with Crippen LogP contribution in [0.1, 0.15) is 20.8 Å². The molecule has 0 aliphatic carbocycles. The minimum Gasteiger partial charge on any atom is -0.292 e. The first-order valence-electron chi connectivity index (χ1n) is 8.68. The van der Waals surface area contributed by atoms with Gasteiger partial charge in [0.15, 0.2) is 5.78 Å². The number of aromatic nitrogens is 2. The molecular weight excluding hydrogens is 356 g/mol. The van der Waals surface area contributed by atoms with Crippen molar-refractivity contribution >= 4 is 27.3 Å². The summed E-state index contributed by atoms with van der Waals surface area (Å²) < 4.78 is 1.41. The molecule has 0 aliphatic rings. The maximum Gasteiger partial charge on any atom is 0.263 e. The van der Waals surface area contributed by atoms with Crippen LogP contribution in [0.2, 0.25) is 0 Å². The molecule has 2 aromatic carbocycles. The first-order chi connectivity index (χ1) is 13.0. The summed E-state index contributed by atoms with van der Waals surface area (Å²) in [5.74, 6) is -0.105. The Morgan fingerprint density at radius 3 is 2.44 bits per heavy atom. The highest BCUT2D eigenvalue weighted by Crippen LogP contribution is 2.35. The van der Waals surface area contributed by atoms with Crippen molar-refractivity contribution in [3.05, 3.63) is 87.3 Å². The van der Waals surface area contributed by atoms with Gasteiger partial charge in [-0.05, 0) is 19.4 Å². The number of thiophene rings is 1. The topological polar surface area (TPSA) is 52.0 Å². The third-order valence-corrected chi connectivity index (χ3v) is 5.62. The van der Waals surface area contributed by atoms with Crippen LogP contribution in [0, 0.1) is 13.8 Å². The van der Waals surface area contributed by atoms with Crippen molar-refractivity contribution in [2.45, 2.75) is 20.4 Å². The fraction of sp³-hybridized carbons (Fsp3) is 0.136. The van der Waals surface area contributed by atoms with Crippen LogP contribution in [0.4, 0.5) is 0 Å². The molecule has 4 nitrogen and oxygen atoms in total. The van der Waals surface area contributed by atoms with E-state index in [1.807, 2.05) is 56.3 Å². The van der Waals surface area contributed by atoms with Crippen LogP contribution >= 0.6 is 11.3 Å². The summed E-state index contributed by atoms with van der Waals surface area (Å²) in [5, 5.41) is 0.586. The van der Waals surface area contributed by atoms with E-state index in [1.54, 1.807) is 12.1 Å². The lowest BCUT2D eigenvalue weighted by Gasteiger charge is -2.07. The third kappa shape index (κ3) is 3.22. The van der Waals surface area contributed by atoms with Crippen LogP contribution < -0.4 is 5.56 Å². The average Bonchev–Trinajstić information content (AvgIpc) is 3.02. The Balaban J connectivity index is 1.79. The standard InChI is InChI=1S/C22H18N2O2S/c1-14-8-10-16(11-9-14)18(25)12-24-13-23-21-20(22(24)26)19(15(2)27-21)17-6-4-3-5-7-17/h3-11,13H,12H2,1-2H3. The normalized spacial score (nSPS) is 11.0. The molecule has 27 heavy (non-hydrogen) atoms. The van der Waals surface area contributed by atoms with Gasteiger partial charge < -0.3 is 0 Å². The van der Waals surface area contributed by atoms with E-state index < -0.39 is 0 Å². The fourth-order valence-electron chi connectivity index (χ4n) is 3.19. The molecular formula is C22H18N2O2S. The first kappa shape index (κ1) is 17.4. The highest BCUT2D eigenvalue weighted by Gasteiger charge is 2.18. The van der Waals surface area contributed by atoms with Crippen LogP contribution in [-0.4, -0.2) is 15.3 Å². The molecule has 0 aliphatic heterocycles. The van der Waals surface area contributed by atoms with Gasteiger partial charge >= 0.3 is 0 Å². The number of benzene rings is 2. The molecule has 4 rings (SSSR count). The van der Waals surface area contributed by atoms with Crippen LogP contribution in [0.25, 0.3) is 21.3 Å². The number of carbonyl (C=O) groups is 1. The Morgan fingerprint density at radius 1 is 1.04 bits per heavy atom. The van der Waals surface area contributed by atoms with E-state index in [1.165, 1.54) is 22.2 Å². The molecule has 0 fully saturated rings. The number of fused-ring (bicyclic) bond motifs is 1. The van der Waals surface area contributed by atoms with E-state index in [-0.39, 0.29) is 17.9 Å². The third-order valence-electron chi connectivity index (χ3n) is 4.60. The van der Waals surface area contributed by atoms with Crippen molar-refractivity contribution in [2.75, 3.05) is 0 Å². The van der Waals surface area contributed by atoms with Gasteiger partial charge in [-0.25, -0.2) is 4.98 Å². The SMILES string of the molecule is Cc1ccc(C(=O)Cn2cnc3sc(C)c(-c4ccccc4)c3c2=O)cc1. The smallest absolute Gasteiger partial charge is 0.263 e. The molecule has 0 bridgehead atoms. The number of hydrogen-bond donors (Lipinski definition) is 0. The zero-order chi connectivity index (χ0) is 19.0. The second-order valence-corrected chi connectivity index (χ2v) is 7.75. The summed E-state index contributed by atoms with van der Waals surface area (Å²) in [4.78, 5) is 31.9. The van der Waals surface area contributed by atoms with E-state index in [0.29, 0.717) is 15.8 Å². The molecule has 134 valence electrons. The van der Waals surface area contributed by atoms with Crippen molar-refractivity contribution in [1.82, 2.24) is 9.55 Å². The van der Waals surface area contributed by atoms with Crippen LogP contribution in [0.15, 0.2) is 65.7 Å². The number of carbonyl (C=O) groups excluding carboxylic acids is 1. The largest absolute Gasteiger partial charge is 0.292 e. The van der Waals surface area contributed by atoms with Gasteiger partial charge in [0.25, 0.3) is 5.56 Å². The fourth-order valence-corrected chi connectivity index (χ4v) is 4.19. The van der Waals surface area contributed by atoms with Gasteiger partial charge in [-0.3, -0.25) is 14.2 Å². The van der Waals surface area contributed by atoms with E-state index in [4.69, 9.17) is 0 Å². The average molecular weight is 374 g/mol. The Kier molecular flexibility index (Phi) is 4.46. The Labute approximate surface area is 160 Å². The minimum absolute atomic E-state index is 0.0199. The summed E-state index contributed by atoms with van der Waals surface area (Å²) in [7, 11) is 0. The number of hydrogen-bond acceptors (Lipinski definition) is 4. The molecule has 4 aromatic rings. The second kappa shape index (κ2) is 6.93. The summed E-state index contributed by atoms with van der Waals surface area (Å²) in [6.07, 6.45) is 1.47. The van der Waals surface area contributed by atoms with Gasteiger partial charge in [0.1, 0.15) is 4.83 Å². The lowest BCUT2D eigenvalue weighted by molar-refractivity contribution is 0.0970. The van der Waals surface area contributed by atoms with Crippen LogP contribution in [-0.2, 0) is 6.54 Å². The summed E-state index contributed by atoms with van der Waals surface area (Å²) >= 11 is 1.50. The van der Waals surface area contributed by atoms with Gasteiger partial charge in [-0.1, -0.05) is 60.2 Å². The Hall–Kier alpha value is -3.05. The van der Waals surface area contributed by atoms with E-state index in [9.17, 15) is 9.59 Å². The number of ketones is 1. The maximum atomic E-state index is 13.1. The molecule has 2 aromatic heterocycles. The zero-order valence-electron chi connectivity index (χ0n) is 15.1. The van der Waals surface area contributed by atoms with E-state index >= 15 is 0 Å². The van der Waals surface area contributed by atoms with Crippen molar-refractivity contribution < 1.29 is 4.79 Å². The Morgan fingerprint density at radius 2 is 1.74 bits per heavy atom. The Bertz CT molecular complexity index is 1190. The molecule has 0 saturated heterocycles. The highest BCUT2D eigenvalue weighted by atomic mass is 32.1. The number of Topliss-reactive ketones (excluding diaryl/α,β-unsaturated/α-hetero) is 1. The summed E-state index contributed by atoms with van der Waals surface area (Å²) in [6, 6.07) is 17.2. The first-order valence-corrected chi connectivity index (χ1v) is 9.50. The van der Waals surface area contributed by atoms with E-state index in [2.05, 4.69) is 4.98 Å². The van der Waals surface area contributed by atoms with Gasteiger partial charge in [0.05, 0.1) is 18.3 Å².